The molecule has 10 heteroatoms. The number of anilines is 1. The van der Waals surface area contributed by atoms with Gasteiger partial charge in [0.2, 0.25) is 5.88 Å². The van der Waals surface area contributed by atoms with Gasteiger partial charge in [0.1, 0.15) is 17.5 Å². The van der Waals surface area contributed by atoms with E-state index in [0.29, 0.717) is 21.5 Å². The van der Waals surface area contributed by atoms with Gasteiger partial charge in [0.15, 0.2) is 0 Å². The standard InChI is InChI=1S/C21H13BrN4O5/c22-14-6-8-18(31-19-9-7-16(12-23-19)26(29)30)13(10-14)11-17-20(27)24-25(21(17)28)15-4-2-1-3-5-15/h1-12H,(H,24,27). The maximum absolute atomic E-state index is 12.8. The maximum Gasteiger partial charge on any atom is 0.287 e. The summed E-state index contributed by atoms with van der Waals surface area (Å²) in [6.45, 7) is 0. The summed E-state index contributed by atoms with van der Waals surface area (Å²) in [6.07, 6.45) is 2.50. The van der Waals surface area contributed by atoms with E-state index < -0.39 is 16.7 Å². The predicted molar refractivity (Wildman–Crippen MR) is 115 cm³/mol. The zero-order valence-corrected chi connectivity index (χ0v) is 17.3. The second-order valence-corrected chi connectivity index (χ2v) is 7.29. The van der Waals surface area contributed by atoms with Crippen molar-refractivity contribution < 1.29 is 19.2 Å². The van der Waals surface area contributed by atoms with Gasteiger partial charge < -0.3 is 4.74 Å². The fraction of sp³-hybridized carbons (Fsp3) is 0. The van der Waals surface area contributed by atoms with Crippen LogP contribution in [0.3, 0.4) is 0 Å². The Morgan fingerprint density at radius 3 is 2.55 bits per heavy atom. The summed E-state index contributed by atoms with van der Waals surface area (Å²) in [5.74, 6) is -0.611. The summed E-state index contributed by atoms with van der Waals surface area (Å²) in [4.78, 5) is 39.4. The van der Waals surface area contributed by atoms with Gasteiger partial charge >= 0.3 is 0 Å². The average molecular weight is 481 g/mol. The summed E-state index contributed by atoms with van der Waals surface area (Å²) < 4.78 is 6.44. The highest BCUT2D eigenvalue weighted by Gasteiger charge is 2.34. The Balaban J connectivity index is 1.66. The highest BCUT2D eigenvalue weighted by atomic mass is 79.9. The molecule has 1 N–H and O–H groups in total. The number of hydrogen-bond donors (Lipinski definition) is 1. The third kappa shape index (κ3) is 4.28. The van der Waals surface area contributed by atoms with Crippen molar-refractivity contribution in [2.75, 3.05) is 5.01 Å². The largest absolute Gasteiger partial charge is 0.438 e. The van der Waals surface area contributed by atoms with E-state index in [1.54, 1.807) is 48.5 Å². The smallest absolute Gasteiger partial charge is 0.287 e. The number of carbonyl (C=O) groups excluding carboxylic acids is 2. The molecule has 2 amide bonds. The molecule has 154 valence electrons. The van der Waals surface area contributed by atoms with Crippen LogP contribution < -0.4 is 15.2 Å². The van der Waals surface area contributed by atoms with Gasteiger partial charge in [-0.25, -0.2) is 9.99 Å². The fourth-order valence-electron chi connectivity index (χ4n) is 2.85. The second-order valence-electron chi connectivity index (χ2n) is 6.37. The van der Waals surface area contributed by atoms with Crippen LogP contribution in [0.2, 0.25) is 0 Å². The van der Waals surface area contributed by atoms with Crippen molar-refractivity contribution >= 4 is 45.2 Å². The van der Waals surface area contributed by atoms with Crippen molar-refractivity contribution in [3.05, 3.63) is 92.6 Å². The monoisotopic (exact) mass is 480 g/mol. The molecule has 0 radical (unpaired) electrons. The van der Waals surface area contributed by atoms with E-state index in [9.17, 15) is 19.7 Å². The Morgan fingerprint density at radius 1 is 1.10 bits per heavy atom. The van der Waals surface area contributed by atoms with Crippen LogP contribution in [0.1, 0.15) is 5.56 Å². The number of hydrazine groups is 1. The number of nitrogens with zero attached hydrogens (tertiary/aromatic N) is 3. The minimum atomic E-state index is -0.560. The van der Waals surface area contributed by atoms with Crippen LogP contribution in [-0.4, -0.2) is 21.7 Å². The number of amides is 2. The lowest BCUT2D eigenvalue weighted by Gasteiger charge is -2.14. The van der Waals surface area contributed by atoms with Gasteiger partial charge in [0.25, 0.3) is 17.5 Å². The molecule has 31 heavy (non-hydrogen) atoms. The molecule has 0 atom stereocenters. The van der Waals surface area contributed by atoms with E-state index in [-0.39, 0.29) is 17.1 Å². The lowest BCUT2D eigenvalue weighted by molar-refractivity contribution is -0.385. The number of nitrogens with one attached hydrogen (secondary N) is 1. The number of nitro groups is 1. The summed E-state index contributed by atoms with van der Waals surface area (Å²) in [7, 11) is 0. The summed E-state index contributed by atoms with van der Waals surface area (Å²) >= 11 is 3.36. The first-order valence-electron chi connectivity index (χ1n) is 8.92. The fourth-order valence-corrected chi connectivity index (χ4v) is 3.23. The van der Waals surface area contributed by atoms with Crippen LogP contribution in [0.25, 0.3) is 6.08 Å². The Morgan fingerprint density at radius 2 is 1.87 bits per heavy atom. The first-order chi connectivity index (χ1) is 14.9. The Kier molecular flexibility index (Phi) is 5.46. The highest BCUT2D eigenvalue weighted by molar-refractivity contribution is 9.10. The number of halogens is 1. The van der Waals surface area contributed by atoms with Crippen molar-refractivity contribution in [1.29, 1.82) is 0 Å². The van der Waals surface area contributed by atoms with Crippen LogP contribution in [0.4, 0.5) is 11.4 Å². The van der Waals surface area contributed by atoms with Crippen LogP contribution >= 0.6 is 15.9 Å². The highest BCUT2D eigenvalue weighted by Crippen LogP contribution is 2.31. The quantitative estimate of drug-likeness (QED) is 0.255. The van der Waals surface area contributed by atoms with Gasteiger partial charge in [0.05, 0.1) is 10.6 Å². The average Bonchev–Trinajstić information content (AvgIpc) is 3.05. The number of ether oxygens (including phenoxy) is 1. The number of hydrogen-bond acceptors (Lipinski definition) is 6. The third-order valence-electron chi connectivity index (χ3n) is 4.32. The van der Waals surface area contributed by atoms with Crippen molar-refractivity contribution in [3.8, 4) is 11.6 Å². The van der Waals surface area contributed by atoms with Crippen LogP contribution in [0.15, 0.2) is 76.9 Å². The van der Waals surface area contributed by atoms with E-state index in [1.807, 2.05) is 0 Å². The summed E-state index contributed by atoms with van der Waals surface area (Å²) in [5.41, 5.74) is 3.29. The molecule has 2 aromatic carbocycles. The number of rotatable bonds is 5. The zero-order chi connectivity index (χ0) is 22.0. The maximum atomic E-state index is 12.8. The molecule has 0 spiro atoms. The molecule has 2 heterocycles. The lowest BCUT2D eigenvalue weighted by Crippen LogP contribution is -2.35. The van der Waals surface area contributed by atoms with Crippen LogP contribution in [0, 0.1) is 10.1 Å². The molecular formula is C21H13BrN4O5. The zero-order valence-electron chi connectivity index (χ0n) is 15.7. The van der Waals surface area contributed by atoms with Crippen molar-refractivity contribution in [1.82, 2.24) is 10.4 Å². The molecule has 1 saturated heterocycles. The van der Waals surface area contributed by atoms with Gasteiger partial charge in [-0.2, -0.15) is 0 Å². The molecule has 0 saturated carbocycles. The van der Waals surface area contributed by atoms with Crippen LogP contribution in [-0.2, 0) is 9.59 Å². The Labute approximate surface area is 184 Å². The summed E-state index contributed by atoms with van der Waals surface area (Å²) in [5, 5.41) is 12.0. The number of aromatic nitrogens is 1. The van der Waals surface area contributed by atoms with E-state index >= 15 is 0 Å². The molecule has 4 rings (SSSR count). The van der Waals surface area contributed by atoms with E-state index in [1.165, 1.54) is 23.2 Å². The molecular weight excluding hydrogens is 468 g/mol. The van der Waals surface area contributed by atoms with Gasteiger partial charge in [-0.3, -0.25) is 25.1 Å². The first kappa shape index (κ1) is 20.2. The van der Waals surface area contributed by atoms with E-state index in [0.717, 1.165) is 6.20 Å². The molecule has 1 aromatic heterocycles. The lowest BCUT2D eigenvalue weighted by atomic mass is 10.1. The molecule has 9 nitrogen and oxygen atoms in total. The second kappa shape index (κ2) is 8.36. The topological polar surface area (TPSA) is 115 Å². The van der Waals surface area contributed by atoms with Crippen LogP contribution in [0.5, 0.6) is 11.6 Å². The Hall–Kier alpha value is -4.05. The molecule has 0 bridgehead atoms. The van der Waals surface area contributed by atoms with Gasteiger partial charge in [0, 0.05) is 22.2 Å². The molecule has 0 aliphatic carbocycles. The van der Waals surface area contributed by atoms with E-state index in [4.69, 9.17) is 4.74 Å². The minimum Gasteiger partial charge on any atom is -0.438 e. The van der Waals surface area contributed by atoms with Gasteiger partial charge in [-0.15, -0.1) is 0 Å². The number of para-hydroxylation sites is 1. The normalized spacial score (nSPS) is 14.6. The third-order valence-corrected chi connectivity index (χ3v) is 4.82. The number of pyridine rings is 1. The first-order valence-corrected chi connectivity index (χ1v) is 9.72. The van der Waals surface area contributed by atoms with Gasteiger partial charge in [-0.1, -0.05) is 34.1 Å². The van der Waals surface area contributed by atoms with Crippen molar-refractivity contribution in [2.45, 2.75) is 0 Å². The van der Waals surface area contributed by atoms with Gasteiger partial charge in [-0.05, 0) is 36.4 Å². The summed E-state index contributed by atoms with van der Waals surface area (Å²) in [6, 6.07) is 16.4. The molecule has 1 fully saturated rings. The molecule has 1 aliphatic rings. The molecule has 1 aliphatic heterocycles. The molecule has 3 aromatic rings. The minimum absolute atomic E-state index is 0.0662. The number of benzene rings is 2. The molecule has 0 unspecified atom stereocenters. The van der Waals surface area contributed by atoms with Crippen molar-refractivity contribution in [3.63, 3.8) is 0 Å². The Bertz CT molecular complexity index is 1210. The van der Waals surface area contributed by atoms with E-state index in [2.05, 4.69) is 26.3 Å². The SMILES string of the molecule is O=C1NN(c2ccccc2)C(=O)C1=Cc1cc(Br)ccc1Oc1ccc([N+](=O)[O-])cn1. The number of carbonyl (C=O) groups is 2. The predicted octanol–water partition coefficient (Wildman–Crippen LogP) is 4.01. The van der Waals surface area contributed by atoms with Crippen molar-refractivity contribution in [2.24, 2.45) is 0 Å².